The van der Waals surface area contributed by atoms with Gasteiger partial charge in [0.1, 0.15) is 11.0 Å². The molecule has 0 heterocycles. The quantitative estimate of drug-likeness (QED) is 0.409. The van der Waals surface area contributed by atoms with Crippen LogP contribution in [-0.4, -0.2) is 30.1 Å². The van der Waals surface area contributed by atoms with Gasteiger partial charge in [-0.05, 0) is 60.9 Å². The average Bonchev–Trinajstić information content (AvgIpc) is 3.46. The van der Waals surface area contributed by atoms with Crippen LogP contribution >= 0.6 is 0 Å². The second-order valence-corrected chi connectivity index (χ2v) is 16.9. The Morgan fingerprint density at radius 2 is 1.45 bits per heavy atom. The van der Waals surface area contributed by atoms with Crippen LogP contribution in [0.3, 0.4) is 0 Å². The minimum absolute atomic E-state index is 0.00512. The van der Waals surface area contributed by atoms with Gasteiger partial charge in [-0.3, -0.25) is 0 Å². The summed E-state index contributed by atoms with van der Waals surface area (Å²) in [6, 6.07) is 21.6. The minimum atomic E-state index is -2.46. The fourth-order valence-corrected chi connectivity index (χ4v) is 9.36. The second kappa shape index (κ2) is 9.51. The Morgan fingerprint density at radius 3 is 1.90 bits per heavy atom. The zero-order valence-corrected chi connectivity index (χ0v) is 21.6. The highest BCUT2D eigenvalue weighted by molar-refractivity contribution is 7.85. The van der Waals surface area contributed by atoms with E-state index in [1.165, 1.54) is 10.4 Å². The van der Waals surface area contributed by atoms with Crippen LogP contribution in [-0.2, 0) is 15.4 Å². The third kappa shape index (κ3) is 5.63. The molecule has 1 aliphatic carbocycles. The smallest absolute Gasteiger partial charge is 0.261 e. The van der Waals surface area contributed by atoms with E-state index in [0.717, 1.165) is 19.4 Å². The molecule has 3 rings (SSSR count). The normalized spacial score (nSPS) is 20.7. The van der Waals surface area contributed by atoms with Gasteiger partial charge in [0.25, 0.3) is 8.32 Å². The van der Waals surface area contributed by atoms with Gasteiger partial charge in [-0.2, -0.15) is 4.40 Å². The van der Waals surface area contributed by atoms with Crippen molar-refractivity contribution >= 4 is 35.9 Å². The Bertz CT molecular complexity index is 861. The molecule has 1 saturated carbocycles. The summed E-state index contributed by atoms with van der Waals surface area (Å²) < 4.78 is 23.1. The molecule has 5 heteroatoms. The molecule has 168 valence electrons. The second-order valence-electron chi connectivity index (χ2n) is 10.6. The van der Waals surface area contributed by atoms with Crippen molar-refractivity contribution in [3.8, 4) is 0 Å². The average molecular weight is 456 g/mol. The van der Waals surface area contributed by atoms with E-state index >= 15 is 0 Å². The summed E-state index contributed by atoms with van der Waals surface area (Å²) in [6.07, 6.45) is 3.91. The maximum atomic E-state index is 12.1. The Balaban J connectivity index is 1.76. The Labute approximate surface area is 192 Å². The Morgan fingerprint density at radius 1 is 0.935 bits per heavy atom. The molecule has 0 aliphatic heterocycles. The summed E-state index contributed by atoms with van der Waals surface area (Å²) in [6.45, 7) is 13.6. The van der Waals surface area contributed by atoms with Crippen molar-refractivity contribution in [3.63, 3.8) is 0 Å². The summed E-state index contributed by atoms with van der Waals surface area (Å²) >= 11 is 0. The van der Waals surface area contributed by atoms with E-state index in [1.54, 1.807) is 0 Å². The Hall–Kier alpha value is -1.56. The molecule has 2 aromatic rings. The van der Waals surface area contributed by atoms with Crippen molar-refractivity contribution in [1.29, 1.82) is 0 Å². The van der Waals surface area contributed by atoms with Crippen LogP contribution < -0.4 is 10.4 Å². The van der Waals surface area contributed by atoms with Gasteiger partial charge in [-0.15, -0.1) is 0 Å². The molecule has 0 spiro atoms. The largest absolute Gasteiger partial charge is 0.407 e. The highest BCUT2D eigenvalue weighted by Gasteiger charge is 2.51. The minimum Gasteiger partial charge on any atom is -0.407 e. The van der Waals surface area contributed by atoms with Crippen LogP contribution in [0.2, 0.25) is 5.04 Å². The predicted molar refractivity (Wildman–Crippen MR) is 136 cm³/mol. The molecule has 31 heavy (non-hydrogen) atoms. The van der Waals surface area contributed by atoms with Gasteiger partial charge in [0.2, 0.25) is 0 Å². The van der Waals surface area contributed by atoms with Crippen molar-refractivity contribution in [3.05, 3.63) is 60.7 Å². The van der Waals surface area contributed by atoms with Gasteiger partial charge in [-0.1, -0.05) is 81.4 Å². The summed E-state index contributed by atoms with van der Waals surface area (Å²) in [4.78, 5) is 0. The van der Waals surface area contributed by atoms with E-state index in [9.17, 15) is 4.21 Å². The van der Waals surface area contributed by atoms with Gasteiger partial charge in [0, 0.05) is 12.8 Å². The van der Waals surface area contributed by atoms with Crippen LogP contribution in [0.1, 0.15) is 54.4 Å². The highest BCUT2D eigenvalue weighted by atomic mass is 32.2. The van der Waals surface area contributed by atoms with E-state index in [4.69, 9.17) is 4.43 Å². The van der Waals surface area contributed by atoms with Crippen molar-refractivity contribution < 1.29 is 8.63 Å². The topological polar surface area (TPSA) is 38.7 Å². The fraction of sp³-hybridized carbons (Fsp3) is 0.500. The SMILES string of the molecule is CC(C)(C)S(=O)/N=C/C[C@@H]1C[C@@H]1CO[Si](c1ccccc1)(c1ccccc1)C(C)(C)C. The summed E-state index contributed by atoms with van der Waals surface area (Å²) in [5, 5.41) is 2.66. The van der Waals surface area contributed by atoms with Gasteiger partial charge < -0.3 is 4.43 Å². The standard InChI is InChI=1S/C26H37NO2SSi/c1-25(2,3)30(28)27-18-17-21-19-22(21)20-29-31(26(4,5)6,23-13-9-7-10-14-23)24-15-11-8-12-16-24/h7-16,18,21-22H,17,19-20H2,1-6H3/b27-18+/t21-,22-,30?/m1/s1. The lowest BCUT2D eigenvalue weighted by Crippen LogP contribution is -2.66. The molecule has 3 atom stereocenters. The number of hydrogen-bond acceptors (Lipinski definition) is 2. The van der Waals surface area contributed by atoms with E-state index < -0.39 is 19.3 Å². The van der Waals surface area contributed by atoms with Gasteiger partial charge in [0.05, 0.1) is 4.75 Å². The zero-order valence-electron chi connectivity index (χ0n) is 19.8. The van der Waals surface area contributed by atoms with Crippen LogP contribution in [0.15, 0.2) is 65.1 Å². The maximum absolute atomic E-state index is 12.1. The molecule has 0 radical (unpaired) electrons. The fourth-order valence-electron chi connectivity index (χ4n) is 4.20. The maximum Gasteiger partial charge on any atom is 0.261 e. The molecule has 0 amide bonds. The molecule has 0 bridgehead atoms. The molecule has 1 fully saturated rings. The molecule has 1 aliphatic rings. The molecular formula is C26H37NO2SSi. The van der Waals surface area contributed by atoms with Crippen LogP contribution in [0.4, 0.5) is 0 Å². The zero-order chi connectivity index (χ0) is 22.7. The van der Waals surface area contributed by atoms with Crippen LogP contribution in [0.25, 0.3) is 0 Å². The summed E-state index contributed by atoms with van der Waals surface area (Å²) in [7, 11) is -3.63. The van der Waals surface area contributed by atoms with Crippen LogP contribution in [0.5, 0.6) is 0 Å². The first kappa shape index (κ1) is 24.1. The molecule has 2 aromatic carbocycles. The van der Waals surface area contributed by atoms with Crippen molar-refractivity contribution in [1.82, 2.24) is 0 Å². The van der Waals surface area contributed by atoms with E-state index in [-0.39, 0.29) is 9.79 Å². The lowest BCUT2D eigenvalue weighted by molar-refractivity contribution is 0.275. The molecular weight excluding hydrogens is 418 g/mol. The van der Waals surface area contributed by atoms with Gasteiger partial charge in [0.15, 0.2) is 0 Å². The monoisotopic (exact) mass is 455 g/mol. The Kier molecular flexibility index (Phi) is 7.39. The third-order valence-corrected chi connectivity index (χ3v) is 12.5. The summed E-state index contributed by atoms with van der Waals surface area (Å²) in [5.41, 5.74) is 0. The van der Waals surface area contributed by atoms with Gasteiger partial charge >= 0.3 is 0 Å². The summed E-state index contributed by atoms with van der Waals surface area (Å²) in [5.74, 6) is 1.13. The third-order valence-electron chi connectivity index (χ3n) is 6.10. The molecule has 0 aromatic heterocycles. The molecule has 1 unspecified atom stereocenters. The van der Waals surface area contributed by atoms with Crippen molar-refractivity contribution in [2.75, 3.05) is 6.61 Å². The number of hydrogen-bond donors (Lipinski definition) is 0. The number of nitrogens with zero attached hydrogens (tertiary/aromatic N) is 1. The van der Waals surface area contributed by atoms with E-state index in [0.29, 0.717) is 11.8 Å². The van der Waals surface area contributed by atoms with Crippen molar-refractivity contribution in [2.24, 2.45) is 16.2 Å². The number of rotatable bonds is 8. The lowest BCUT2D eigenvalue weighted by atomic mass is 10.2. The van der Waals surface area contributed by atoms with Crippen LogP contribution in [0, 0.1) is 11.8 Å². The lowest BCUT2D eigenvalue weighted by Gasteiger charge is -2.43. The first-order chi connectivity index (χ1) is 14.6. The first-order valence-corrected chi connectivity index (χ1v) is 14.3. The first-order valence-electron chi connectivity index (χ1n) is 11.3. The van der Waals surface area contributed by atoms with Gasteiger partial charge in [-0.25, -0.2) is 4.21 Å². The van der Waals surface area contributed by atoms with Crippen molar-refractivity contribution in [2.45, 2.75) is 64.2 Å². The molecule has 0 N–H and O–H groups in total. The van der Waals surface area contributed by atoms with E-state index in [1.807, 2.05) is 27.0 Å². The predicted octanol–water partition coefficient (Wildman–Crippen LogP) is 5.12. The highest BCUT2D eigenvalue weighted by Crippen LogP contribution is 2.43. The molecule has 3 nitrogen and oxygen atoms in total. The van der Waals surface area contributed by atoms with E-state index in [2.05, 4.69) is 85.8 Å². The number of benzene rings is 2. The molecule has 0 saturated heterocycles.